The van der Waals surface area contributed by atoms with Crippen molar-refractivity contribution in [3.63, 3.8) is 0 Å². The van der Waals surface area contributed by atoms with Crippen molar-refractivity contribution in [3.05, 3.63) is 65.0 Å². The van der Waals surface area contributed by atoms with Crippen molar-refractivity contribution in [3.8, 4) is 17.2 Å². The number of aliphatic imine (C=N–C) groups is 1. The lowest BCUT2D eigenvalue weighted by Crippen LogP contribution is -2.36. The predicted octanol–water partition coefficient (Wildman–Crippen LogP) is 3.56. The van der Waals surface area contributed by atoms with Crippen molar-refractivity contribution in [2.45, 2.75) is 27.3 Å². The number of amides is 1. The summed E-state index contributed by atoms with van der Waals surface area (Å²) in [6.07, 6.45) is 0. The maximum atomic E-state index is 13.0. The fourth-order valence-electron chi connectivity index (χ4n) is 3.47. The number of aromatic nitrogens is 2. The summed E-state index contributed by atoms with van der Waals surface area (Å²) in [5.41, 5.74) is 4.15. The fraction of sp³-hybridized carbons (Fsp3) is 0.292. The van der Waals surface area contributed by atoms with Crippen LogP contribution < -0.4 is 24.8 Å². The molecule has 2 N–H and O–H groups in total. The van der Waals surface area contributed by atoms with Gasteiger partial charge in [0.2, 0.25) is 12.8 Å². The van der Waals surface area contributed by atoms with Gasteiger partial charge in [-0.3, -0.25) is 14.8 Å². The van der Waals surface area contributed by atoms with Crippen LogP contribution in [0.3, 0.4) is 0 Å². The van der Waals surface area contributed by atoms with Gasteiger partial charge in [-0.05, 0) is 63.2 Å². The number of benzene rings is 2. The summed E-state index contributed by atoms with van der Waals surface area (Å²) in [7, 11) is 1.90. The summed E-state index contributed by atoms with van der Waals surface area (Å²) in [6, 6.07) is 12.5. The molecular weight excluding hydrogens is 422 g/mol. The lowest BCUT2D eigenvalue weighted by atomic mass is 10.2. The summed E-state index contributed by atoms with van der Waals surface area (Å²) in [5, 5.41) is 10.5. The number of hydrogen-bond acceptors (Lipinski definition) is 6. The smallest absolute Gasteiger partial charge is 0.258 e. The molecule has 0 fully saturated rings. The minimum absolute atomic E-state index is 0.149. The SMILES string of the molecule is CCOc1ccc(NC(=NCc2c(C)nn(C)c2C)NC(=O)c2ccc3c(c2)OCO3)cc1. The molecule has 2 aromatic carbocycles. The van der Waals surface area contributed by atoms with E-state index in [1.165, 1.54) is 0 Å². The van der Waals surface area contributed by atoms with Crippen LogP contribution in [0.25, 0.3) is 0 Å². The third-order valence-electron chi connectivity index (χ3n) is 5.35. The van der Waals surface area contributed by atoms with Crippen molar-refractivity contribution in [2.75, 3.05) is 18.7 Å². The summed E-state index contributed by atoms with van der Waals surface area (Å²) >= 11 is 0. The molecule has 0 spiro atoms. The molecule has 9 heteroatoms. The second-order valence-corrected chi connectivity index (χ2v) is 7.54. The van der Waals surface area contributed by atoms with Crippen molar-refractivity contribution >= 4 is 17.6 Å². The predicted molar refractivity (Wildman–Crippen MR) is 125 cm³/mol. The third-order valence-corrected chi connectivity index (χ3v) is 5.35. The maximum Gasteiger partial charge on any atom is 0.258 e. The molecule has 0 atom stereocenters. The first-order valence-electron chi connectivity index (χ1n) is 10.7. The number of carbonyl (C=O) groups is 1. The highest BCUT2D eigenvalue weighted by Crippen LogP contribution is 2.32. The van der Waals surface area contributed by atoms with Gasteiger partial charge < -0.3 is 19.5 Å². The molecule has 172 valence electrons. The van der Waals surface area contributed by atoms with Gasteiger partial charge in [0.1, 0.15) is 5.75 Å². The van der Waals surface area contributed by atoms with E-state index in [1.807, 2.05) is 56.8 Å². The zero-order valence-corrected chi connectivity index (χ0v) is 19.1. The zero-order chi connectivity index (χ0) is 23.4. The van der Waals surface area contributed by atoms with E-state index in [9.17, 15) is 4.79 Å². The Morgan fingerprint density at radius 3 is 2.61 bits per heavy atom. The number of aryl methyl sites for hydroxylation is 2. The summed E-state index contributed by atoms with van der Waals surface area (Å²) < 4.78 is 18.0. The van der Waals surface area contributed by atoms with Crippen molar-refractivity contribution in [2.24, 2.45) is 12.0 Å². The Kier molecular flexibility index (Phi) is 6.48. The molecule has 0 radical (unpaired) electrons. The fourth-order valence-corrected chi connectivity index (χ4v) is 3.47. The van der Waals surface area contributed by atoms with Gasteiger partial charge in [-0.2, -0.15) is 5.10 Å². The van der Waals surface area contributed by atoms with Crippen LogP contribution in [-0.2, 0) is 13.6 Å². The van der Waals surface area contributed by atoms with E-state index in [-0.39, 0.29) is 12.7 Å². The molecule has 1 amide bonds. The van der Waals surface area contributed by atoms with E-state index < -0.39 is 0 Å². The average Bonchev–Trinajstić information content (AvgIpc) is 3.37. The van der Waals surface area contributed by atoms with E-state index in [1.54, 1.807) is 18.2 Å². The highest BCUT2D eigenvalue weighted by atomic mass is 16.7. The normalized spacial score (nSPS) is 12.5. The standard InChI is InChI=1S/C24H27N5O4/c1-5-31-19-9-7-18(8-10-19)26-24(25-13-20-15(2)28-29(4)16(20)3)27-23(30)17-6-11-21-22(12-17)33-14-32-21/h6-12H,5,13-14H2,1-4H3,(H2,25,26,27,30). The quantitative estimate of drug-likeness (QED) is 0.441. The number of fused-ring (bicyclic) bond motifs is 1. The Balaban J connectivity index is 1.56. The molecule has 33 heavy (non-hydrogen) atoms. The first-order valence-corrected chi connectivity index (χ1v) is 10.7. The molecule has 0 saturated carbocycles. The van der Waals surface area contributed by atoms with Crippen LogP contribution in [-0.4, -0.2) is 35.0 Å². The van der Waals surface area contributed by atoms with Crippen LogP contribution in [0.4, 0.5) is 5.69 Å². The van der Waals surface area contributed by atoms with Gasteiger partial charge in [-0.25, -0.2) is 4.99 Å². The average molecular weight is 450 g/mol. The van der Waals surface area contributed by atoms with Crippen LogP contribution >= 0.6 is 0 Å². The molecular formula is C24H27N5O4. The van der Waals surface area contributed by atoms with Gasteiger partial charge in [-0.1, -0.05) is 0 Å². The Bertz CT molecular complexity index is 1180. The second-order valence-electron chi connectivity index (χ2n) is 7.54. The molecule has 9 nitrogen and oxygen atoms in total. The topological polar surface area (TPSA) is 99.0 Å². The van der Waals surface area contributed by atoms with Crippen LogP contribution in [0.15, 0.2) is 47.5 Å². The van der Waals surface area contributed by atoms with Crippen molar-refractivity contribution in [1.29, 1.82) is 0 Å². The number of rotatable bonds is 6. The highest BCUT2D eigenvalue weighted by Gasteiger charge is 2.17. The van der Waals surface area contributed by atoms with Gasteiger partial charge in [0.15, 0.2) is 11.5 Å². The molecule has 4 rings (SSSR count). The van der Waals surface area contributed by atoms with E-state index in [4.69, 9.17) is 14.2 Å². The number of guanidine groups is 1. The van der Waals surface area contributed by atoms with Gasteiger partial charge >= 0.3 is 0 Å². The monoisotopic (exact) mass is 449 g/mol. The molecule has 3 aromatic rings. The third kappa shape index (κ3) is 5.08. The molecule has 0 aliphatic carbocycles. The van der Waals surface area contributed by atoms with Gasteiger partial charge in [0, 0.05) is 29.6 Å². The lowest BCUT2D eigenvalue weighted by molar-refractivity contribution is 0.0976. The molecule has 1 aliphatic rings. The largest absolute Gasteiger partial charge is 0.494 e. The Hall–Kier alpha value is -4.01. The minimum Gasteiger partial charge on any atom is -0.494 e. The van der Waals surface area contributed by atoms with E-state index in [0.29, 0.717) is 36.2 Å². The molecule has 2 heterocycles. The maximum absolute atomic E-state index is 13.0. The highest BCUT2D eigenvalue weighted by molar-refractivity contribution is 6.10. The number of carbonyl (C=O) groups excluding carboxylic acids is 1. The van der Waals surface area contributed by atoms with Crippen molar-refractivity contribution in [1.82, 2.24) is 15.1 Å². The van der Waals surface area contributed by atoms with E-state index >= 15 is 0 Å². The van der Waals surface area contributed by atoms with E-state index in [2.05, 4.69) is 20.7 Å². The lowest BCUT2D eigenvalue weighted by Gasteiger charge is -2.13. The minimum atomic E-state index is -0.315. The number of nitrogens with one attached hydrogen (secondary N) is 2. The molecule has 0 saturated heterocycles. The molecule has 1 aliphatic heterocycles. The molecule has 0 unspecified atom stereocenters. The van der Waals surface area contributed by atoms with Crippen LogP contribution in [0.5, 0.6) is 17.2 Å². The second kappa shape index (κ2) is 9.64. The number of anilines is 1. The Morgan fingerprint density at radius 2 is 1.91 bits per heavy atom. The summed E-state index contributed by atoms with van der Waals surface area (Å²) in [4.78, 5) is 17.6. The van der Waals surface area contributed by atoms with Gasteiger partial charge in [0.25, 0.3) is 5.91 Å². The number of ether oxygens (including phenoxy) is 3. The van der Waals surface area contributed by atoms with E-state index in [0.717, 1.165) is 28.4 Å². The summed E-state index contributed by atoms with van der Waals surface area (Å²) in [6.45, 7) is 6.99. The van der Waals surface area contributed by atoms with Crippen molar-refractivity contribution < 1.29 is 19.0 Å². The first-order chi connectivity index (χ1) is 15.9. The number of nitrogens with zero attached hydrogens (tertiary/aromatic N) is 3. The number of hydrogen-bond donors (Lipinski definition) is 2. The van der Waals surface area contributed by atoms with Crippen LogP contribution in [0.2, 0.25) is 0 Å². The molecule has 1 aromatic heterocycles. The van der Waals surface area contributed by atoms with Gasteiger partial charge in [0.05, 0.1) is 18.8 Å². The molecule has 0 bridgehead atoms. The van der Waals surface area contributed by atoms with Gasteiger partial charge in [-0.15, -0.1) is 0 Å². The van der Waals surface area contributed by atoms with Crippen LogP contribution in [0, 0.1) is 13.8 Å². The van der Waals surface area contributed by atoms with Crippen LogP contribution in [0.1, 0.15) is 34.2 Å². The Labute approximate surface area is 192 Å². The zero-order valence-electron chi connectivity index (χ0n) is 19.1. The Morgan fingerprint density at radius 1 is 1.15 bits per heavy atom. The summed E-state index contributed by atoms with van der Waals surface area (Å²) in [5.74, 6) is 1.94. The first kappa shape index (κ1) is 22.2.